The zero-order chi connectivity index (χ0) is 7.23. The average molecular weight is 175 g/mol. The molecule has 0 saturated heterocycles. The standard InChI is InChI=1S/C8H14N2.ClH/c1-2-3-4-6-10-7-5-9-8-10;/h5,7-8H,2-4,6H2,1H3;1H. The summed E-state index contributed by atoms with van der Waals surface area (Å²) in [7, 11) is 0. The van der Waals surface area contributed by atoms with Crippen LogP contribution >= 0.6 is 0 Å². The molecule has 0 aliphatic carbocycles. The molecule has 0 atom stereocenters. The third kappa shape index (κ3) is 4.04. The van der Waals surface area contributed by atoms with E-state index in [1.165, 1.54) is 19.3 Å². The molecule has 0 saturated carbocycles. The Morgan fingerprint density at radius 2 is 2.18 bits per heavy atom. The Kier molecular flexibility index (Phi) is 5.94. The zero-order valence-corrected chi connectivity index (χ0v) is 7.64. The monoisotopic (exact) mass is 174 g/mol. The maximum Gasteiger partial charge on any atom is 0.241 e. The summed E-state index contributed by atoms with van der Waals surface area (Å²) in [6, 6.07) is 0. The lowest BCUT2D eigenvalue weighted by Gasteiger charge is -1.92. The highest BCUT2D eigenvalue weighted by Gasteiger charge is 1.93. The van der Waals surface area contributed by atoms with Gasteiger partial charge in [-0.3, -0.25) is 4.98 Å². The van der Waals surface area contributed by atoms with E-state index in [1.54, 1.807) is 0 Å². The molecular formula is C8H15ClN2. The van der Waals surface area contributed by atoms with Gasteiger partial charge < -0.3 is 12.4 Å². The second kappa shape index (κ2) is 6.23. The highest BCUT2D eigenvalue weighted by atomic mass is 35.5. The van der Waals surface area contributed by atoms with Crippen LogP contribution < -0.4 is 17.0 Å². The van der Waals surface area contributed by atoms with Gasteiger partial charge >= 0.3 is 0 Å². The van der Waals surface area contributed by atoms with Crippen LogP contribution in [0, 0.1) is 0 Å². The van der Waals surface area contributed by atoms with Gasteiger partial charge in [0.05, 0.1) is 6.54 Å². The van der Waals surface area contributed by atoms with E-state index >= 15 is 0 Å². The number of rotatable bonds is 4. The molecule has 1 rings (SSSR count). The molecule has 0 spiro atoms. The molecule has 11 heavy (non-hydrogen) atoms. The topological polar surface area (TPSA) is 19.7 Å². The first kappa shape index (κ1) is 10.5. The molecule has 0 bridgehead atoms. The first-order valence-corrected chi connectivity index (χ1v) is 3.95. The minimum absolute atomic E-state index is 0. The van der Waals surface area contributed by atoms with E-state index < -0.39 is 0 Å². The molecule has 1 heterocycles. The van der Waals surface area contributed by atoms with E-state index in [-0.39, 0.29) is 12.4 Å². The van der Waals surface area contributed by atoms with Crippen molar-refractivity contribution < 1.29 is 17.0 Å². The first-order valence-electron chi connectivity index (χ1n) is 3.95. The fourth-order valence-corrected chi connectivity index (χ4v) is 1.00. The van der Waals surface area contributed by atoms with Crippen molar-refractivity contribution in [3.05, 3.63) is 18.7 Å². The average Bonchev–Trinajstić information content (AvgIpc) is 2.41. The minimum Gasteiger partial charge on any atom is -1.00 e. The van der Waals surface area contributed by atoms with Crippen molar-refractivity contribution in [2.45, 2.75) is 32.7 Å². The number of hydrogen-bond acceptors (Lipinski definition) is 0. The summed E-state index contributed by atoms with van der Waals surface area (Å²) >= 11 is 0. The number of aromatic amines is 1. The van der Waals surface area contributed by atoms with Crippen LogP contribution in [0.5, 0.6) is 0 Å². The molecule has 1 aromatic heterocycles. The molecule has 0 radical (unpaired) electrons. The molecule has 3 heteroatoms. The maximum atomic E-state index is 3.02. The van der Waals surface area contributed by atoms with Crippen molar-refractivity contribution in [2.75, 3.05) is 0 Å². The molecule has 0 amide bonds. The number of nitrogens with one attached hydrogen (secondary N) is 1. The van der Waals surface area contributed by atoms with Crippen molar-refractivity contribution in [3.8, 4) is 0 Å². The number of H-pyrrole nitrogens is 1. The zero-order valence-electron chi connectivity index (χ0n) is 6.89. The lowest BCUT2D eigenvalue weighted by atomic mass is 10.2. The van der Waals surface area contributed by atoms with Crippen LogP contribution in [-0.2, 0) is 6.54 Å². The van der Waals surface area contributed by atoms with Gasteiger partial charge in [0.2, 0.25) is 6.33 Å². The number of hydrogen-bond donors (Lipinski definition) is 1. The first-order chi connectivity index (χ1) is 4.93. The van der Waals surface area contributed by atoms with Crippen LogP contribution in [-0.4, -0.2) is 4.98 Å². The summed E-state index contributed by atoms with van der Waals surface area (Å²) in [6.07, 6.45) is 9.93. The lowest BCUT2D eigenvalue weighted by molar-refractivity contribution is -0.696. The molecule has 1 N–H and O–H groups in total. The predicted molar refractivity (Wildman–Crippen MR) is 40.5 cm³/mol. The van der Waals surface area contributed by atoms with Gasteiger partial charge in [0.1, 0.15) is 12.4 Å². The van der Waals surface area contributed by atoms with Gasteiger partial charge in [-0.1, -0.05) is 13.3 Å². The minimum atomic E-state index is 0. The number of nitrogens with zero attached hydrogens (tertiary/aromatic N) is 1. The second-order valence-electron chi connectivity index (χ2n) is 2.56. The van der Waals surface area contributed by atoms with Crippen LogP contribution in [0.15, 0.2) is 18.7 Å². The Hall–Kier alpha value is -0.500. The number of aromatic nitrogens is 2. The van der Waals surface area contributed by atoms with E-state index in [2.05, 4.69) is 22.7 Å². The van der Waals surface area contributed by atoms with Gasteiger partial charge in [0.25, 0.3) is 0 Å². The largest absolute Gasteiger partial charge is 1.00 e. The summed E-state index contributed by atoms with van der Waals surface area (Å²) in [5.74, 6) is 0. The van der Waals surface area contributed by atoms with Gasteiger partial charge in [0, 0.05) is 0 Å². The van der Waals surface area contributed by atoms with Crippen molar-refractivity contribution in [1.82, 2.24) is 4.98 Å². The molecule has 0 fully saturated rings. The summed E-state index contributed by atoms with van der Waals surface area (Å²) in [6.45, 7) is 3.37. The van der Waals surface area contributed by atoms with E-state index in [0.29, 0.717) is 0 Å². The second-order valence-corrected chi connectivity index (χ2v) is 2.56. The molecule has 0 unspecified atom stereocenters. The van der Waals surface area contributed by atoms with Gasteiger partial charge in [-0.05, 0) is 12.8 Å². The number of aryl methyl sites for hydroxylation is 1. The molecule has 0 aliphatic rings. The van der Waals surface area contributed by atoms with E-state index in [0.717, 1.165) is 6.54 Å². The lowest BCUT2D eigenvalue weighted by Crippen LogP contribution is -3.00. The van der Waals surface area contributed by atoms with Gasteiger partial charge in [0.15, 0.2) is 0 Å². The molecule has 64 valence electrons. The summed E-state index contributed by atoms with van der Waals surface area (Å²) in [5, 5.41) is 0. The van der Waals surface area contributed by atoms with Crippen molar-refractivity contribution in [3.63, 3.8) is 0 Å². The fourth-order valence-electron chi connectivity index (χ4n) is 1.00. The van der Waals surface area contributed by atoms with Crippen LogP contribution in [0.25, 0.3) is 0 Å². The number of imidazole rings is 1. The molecule has 1 aromatic rings. The van der Waals surface area contributed by atoms with Crippen molar-refractivity contribution in [1.29, 1.82) is 0 Å². The summed E-state index contributed by atoms with van der Waals surface area (Å²) in [5.41, 5.74) is 0. The Balaban J connectivity index is 0.000001000. The van der Waals surface area contributed by atoms with E-state index in [1.807, 2.05) is 12.5 Å². The fraction of sp³-hybridized carbons (Fsp3) is 0.625. The Morgan fingerprint density at radius 1 is 1.36 bits per heavy atom. The highest BCUT2D eigenvalue weighted by molar-refractivity contribution is 4.55. The molecule has 0 aromatic carbocycles. The Bertz CT molecular complexity index is 161. The molecule has 0 aliphatic heterocycles. The third-order valence-electron chi connectivity index (χ3n) is 1.62. The van der Waals surface area contributed by atoms with E-state index in [4.69, 9.17) is 0 Å². The van der Waals surface area contributed by atoms with Crippen LogP contribution in [0.3, 0.4) is 0 Å². The smallest absolute Gasteiger partial charge is 0.241 e. The molecular weight excluding hydrogens is 160 g/mol. The third-order valence-corrected chi connectivity index (χ3v) is 1.62. The maximum absolute atomic E-state index is 3.02. The number of unbranched alkanes of at least 4 members (excludes halogenated alkanes) is 2. The summed E-state index contributed by atoms with van der Waals surface area (Å²) < 4.78 is 2.18. The van der Waals surface area contributed by atoms with Gasteiger partial charge in [-0.2, -0.15) is 0 Å². The van der Waals surface area contributed by atoms with Crippen LogP contribution in [0.4, 0.5) is 0 Å². The van der Waals surface area contributed by atoms with Crippen molar-refractivity contribution in [2.24, 2.45) is 0 Å². The quantitative estimate of drug-likeness (QED) is 0.424. The van der Waals surface area contributed by atoms with Gasteiger partial charge in [-0.15, -0.1) is 0 Å². The van der Waals surface area contributed by atoms with Crippen LogP contribution in [0.2, 0.25) is 0 Å². The van der Waals surface area contributed by atoms with Gasteiger partial charge in [-0.25, -0.2) is 4.57 Å². The highest BCUT2D eigenvalue weighted by Crippen LogP contribution is 1.92. The molecule has 2 nitrogen and oxygen atoms in total. The summed E-state index contributed by atoms with van der Waals surface area (Å²) in [4.78, 5) is 3.02. The SMILES string of the molecule is CCCCC[n+]1cc[nH]c1.[Cl-]. The predicted octanol–water partition coefficient (Wildman–Crippen LogP) is -1.50. The number of halogens is 1. The van der Waals surface area contributed by atoms with E-state index in [9.17, 15) is 0 Å². The Morgan fingerprint density at radius 3 is 2.73 bits per heavy atom. The Labute approximate surface area is 74.0 Å². The normalized spacial score (nSPS) is 9.18. The van der Waals surface area contributed by atoms with Crippen molar-refractivity contribution >= 4 is 0 Å². The van der Waals surface area contributed by atoms with Crippen LogP contribution in [0.1, 0.15) is 26.2 Å².